The average molecular weight is 296 g/mol. The van der Waals surface area contributed by atoms with E-state index in [1.54, 1.807) is 24.3 Å². The average Bonchev–Trinajstić information content (AvgIpc) is 2.51. The smallest absolute Gasteiger partial charge is 0.196 e. The second kappa shape index (κ2) is 5.56. The van der Waals surface area contributed by atoms with Crippen molar-refractivity contribution in [2.24, 2.45) is 0 Å². The first-order valence-corrected chi connectivity index (χ1v) is 6.94. The predicted octanol–water partition coefficient (Wildman–Crippen LogP) is 3.37. The zero-order valence-corrected chi connectivity index (χ0v) is 12.4. The molecule has 4 heteroatoms. The molecule has 0 aliphatic carbocycles. The van der Waals surface area contributed by atoms with Crippen molar-refractivity contribution in [2.45, 2.75) is 6.92 Å². The van der Waals surface area contributed by atoms with E-state index in [0.717, 1.165) is 11.1 Å². The summed E-state index contributed by atoms with van der Waals surface area (Å²) in [5.41, 5.74) is 2.87. The van der Waals surface area contributed by atoms with E-state index in [9.17, 15) is 9.90 Å². The summed E-state index contributed by atoms with van der Waals surface area (Å²) in [6.07, 6.45) is 1.73. The van der Waals surface area contributed by atoms with E-state index in [1.807, 2.05) is 25.1 Å². The van der Waals surface area contributed by atoms with Crippen LogP contribution in [0.5, 0.6) is 17.2 Å². The number of hydrogen-bond acceptors (Lipinski definition) is 4. The molecule has 112 valence electrons. The first kappa shape index (κ1) is 14.2. The van der Waals surface area contributed by atoms with Gasteiger partial charge < -0.3 is 14.6 Å². The third-order valence-corrected chi connectivity index (χ3v) is 3.60. The summed E-state index contributed by atoms with van der Waals surface area (Å²) in [5.74, 6) is 1.01. The number of Topliss-reactive ketones (excluding diaryl/α,β-unsaturated/α-hetero) is 1. The first-order valence-electron chi connectivity index (χ1n) is 6.94. The molecular formula is C18H16O4. The van der Waals surface area contributed by atoms with E-state index in [0.29, 0.717) is 22.6 Å². The highest BCUT2D eigenvalue weighted by Gasteiger charge is 2.23. The molecule has 0 amide bonds. The van der Waals surface area contributed by atoms with Crippen molar-refractivity contribution in [3.63, 3.8) is 0 Å². The van der Waals surface area contributed by atoms with Gasteiger partial charge in [-0.25, -0.2) is 0 Å². The number of aromatic hydroxyl groups is 1. The maximum absolute atomic E-state index is 12.5. The number of fused-ring (bicyclic) bond motifs is 1. The summed E-state index contributed by atoms with van der Waals surface area (Å²) in [7, 11) is 1.49. The number of ketones is 1. The number of aryl methyl sites for hydroxylation is 1. The van der Waals surface area contributed by atoms with Crippen LogP contribution in [-0.2, 0) is 0 Å². The van der Waals surface area contributed by atoms with Crippen LogP contribution in [0.25, 0.3) is 6.08 Å². The van der Waals surface area contributed by atoms with Crippen molar-refractivity contribution >= 4 is 11.9 Å². The summed E-state index contributed by atoms with van der Waals surface area (Å²) >= 11 is 0. The van der Waals surface area contributed by atoms with Gasteiger partial charge in [-0.3, -0.25) is 4.79 Å². The van der Waals surface area contributed by atoms with Crippen molar-refractivity contribution in [1.29, 1.82) is 0 Å². The summed E-state index contributed by atoms with van der Waals surface area (Å²) < 4.78 is 10.6. The number of phenolic OH excluding ortho intramolecular Hbond substituents is 1. The topological polar surface area (TPSA) is 55.8 Å². The fourth-order valence-corrected chi connectivity index (χ4v) is 2.45. The molecule has 0 fully saturated rings. The van der Waals surface area contributed by atoms with Gasteiger partial charge in [0.1, 0.15) is 12.4 Å². The van der Waals surface area contributed by atoms with Crippen LogP contribution in [0, 0.1) is 6.92 Å². The lowest BCUT2D eigenvalue weighted by atomic mass is 9.97. The van der Waals surface area contributed by atoms with Gasteiger partial charge in [0.2, 0.25) is 0 Å². The predicted molar refractivity (Wildman–Crippen MR) is 83.6 cm³/mol. The normalized spacial score (nSPS) is 15.4. The third kappa shape index (κ3) is 2.55. The second-order valence-corrected chi connectivity index (χ2v) is 5.22. The monoisotopic (exact) mass is 296 g/mol. The van der Waals surface area contributed by atoms with Gasteiger partial charge in [-0.05, 0) is 42.8 Å². The quantitative estimate of drug-likeness (QED) is 0.863. The molecule has 22 heavy (non-hydrogen) atoms. The van der Waals surface area contributed by atoms with Crippen molar-refractivity contribution in [2.75, 3.05) is 13.7 Å². The van der Waals surface area contributed by atoms with Crippen LogP contribution in [0.4, 0.5) is 0 Å². The molecule has 0 spiro atoms. The number of hydrogen-bond donors (Lipinski definition) is 1. The molecular weight excluding hydrogens is 280 g/mol. The van der Waals surface area contributed by atoms with Crippen LogP contribution in [0.3, 0.4) is 0 Å². The van der Waals surface area contributed by atoms with Crippen LogP contribution in [-0.4, -0.2) is 24.6 Å². The van der Waals surface area contributed by atoms with Gasteiger partial charge in [0, 0.05) is 5.57 Å². The number of ether oxygens (including phenoxy) is 2. The Bertz CT molecular complexity index is 775. The van der Waals surface area contributed by atoms with Crippen LogP contribution < -0.4 is 9.47 Å². The van der Waals surface area contributed by atoms with Crippen molar-refractivity contribution in [3.8, 4) is 17.2 Å². The number of rotatable bonds is 2. The van der Waals surface area contributed by atoms with E-state index in [2.05, 4.69) is 0 Å². The summed E-state index contributed by atoms with van der Waals surface area (Å²) in [6.45, 7) is 2.16. The lowest BCUT2D eigenvalue weighted by Gasteiger charge is -2.19. The largest absolute Gasteiger partial charge is 0.504 e. The Balaban J connectivity index is 1.96. The highest BCUT2D eigenvalue weighted by Crippen LogP contribution is 2.31. The Labute approximate surface area is 128 Å². The molecule has 2 aromatic rings. The zero-order chi connectivity index (χ0) is 15.7. The zero-order valence-electron chi connectivity index (χ0n) is 12.4. The molecule has 0 unspecified atom stereocenters. The summed E-state index contributed by atoms with van der Waals surface area (Å²) in [6, 6.07) is 10.6. The molecule has 3 rings (SSSR count). The van der Waals surface area contributed by atoms with E-state index in [4.69, 9.17) is 9.47 Å². The summed E-state index contributed by atoms with van der Waals surface area (Å²) in [4.78, 5) is 12.5. The van der Waals surface area contributed by atoms with Crippen molar-refractivity contribution in [3.05, 3.63) is 58.7 Å². The van der Waals surface area contributed by atoms with E-state index < -0.39 is 0 Å². The number of methoxy groups -OCH3 is 1. The van der Waals surface area contributed by atoms with E-state index >= 15 is 0 Å². The first-order chi connectivity index (χ1) is 10.6. The molecule has 0 bridgehead atoms. The van der Waals surface area contributed by atoms with Crippen LogP contribution in [0.1, 0.15) is 21.5 Å². The molecule has 0 radical (unpaired) electrons. The van der Waals surface area contributed by atoms with Crippen LogP contribution >= 0.6 is 0 Å². The number of phenols is 1. The van der Waals surface area contributed by atoms with E-state index in [-0.39, 0.29) is 18.1 Å². The fraction of sp³-hybridized carbons (Fsp3) is 0.167. The Kier molecular flexibility index (Phi) is 3.59. The van der Waals surface area contributed by atoms with Crippen molar-refractivity contribution in [1.82, 2.24) is 0 Å². The van der Waals surface area contributed by atoms with E-state index in [1.165, 1.54) is 7.11 Å². The van der Waals surface area contributed by atoms with Gasteiger partial charge in [0.25, 0.3) is 0 Å². The van der Waals surface area contributed by atoms with Gasteiger partial charge >= 0.3 is 0 Å². The Morgan fingerprint density at radius 2 is 2.05 bits per heavy atom. The molecule has 0 atom stereocenters. The van der Waals surface area contributed by atoms with Gasteiger partial charge in [-0.15, -0.1) is 0 Å². The minimum absolute atomic E-state index is 0.0391. The highest BCUT2D eigenvalue weighted by molar-refractivity contribution is 6.14. The summed E-state index contributed by atoms with van der Waals surface area (Å²) in [5, 5.41) is 9.81. The van der Waals surface area contributed by atoms with Crippen LogP contribution in [0.15, 0.2) is 42.0 Å². The fourth-order valence-electron chi connectivity index (χ4n) is 2.45. The molecule has 4 nitrogen and oxygen atoms in total. The molecule has 1 aliphatic rings. The van der Waals surface area contributed by atoms with Gasteiger partial charge in [-0.2, -0.15) is 0 Å². The molecule has 1 N–H and O–H groups in total. The number of carbonyl (C=O) groups excluding carboxylic acids is 1. The Hall–Kier alpha value is -2.75. The molecule has 1 aliphatic heterocycles. The number of carbonyl (C=O) groups is 1. The number of benzene rings is 2. The maximum atomic E-state index is 12.5. The molecule has 0 aromatic heterocycles. The van der Waals surface area contributed by atoms with Crippen LogP contribution in [0.2, 0.25) is 0 Å². The molecule has 2 aromatic carbocycles. The van der Waals surface area contributed by atoms with Gasteiger partial charge in [0.05, 0.1) is 12.7 Å². The maximum Gasteiger partial charge on any atom is 0.196 e. The lowest BCUT2D eigenvalue weighted by molar-refractivity contribution is 0.100. The molecule has 0 saturated carbocycles. The minimum Gasteiger partial charge on any atom is -0.504 e. The Morgan fingerprint density at radius 3 is 2.77 bits per heavy atom. The minimum atomic E-state index is -0.0414. The lowest BCUT2D eigenvalue weighted by Crippen LogP contribution is -2.19. The third-order valence-electron chi connectivity index (χ3n) is 3.60. The second-order valence-electron chi connectivity index (χ2n) is 5.22. The van der Waals surface area contributed by atoms with Gasteiger partial charge in [0.15, 0.2) is 17.3 Å². The Morgan fingerprint density at radius 1 is 1.23 bits per heavy atom. The van der Waals surface area contributed by atoms with Crippen molar-refractivity contribution < 1.29 is 19.4 Å². The molecule has 0 saturated heterocycles. The highest BCUT2D eigenvalue weighted by atomic mass is 16.5. The van der Waals surface area contributed by atoms with Gasteiger partial charge in [-0.1, -0.05) is 17.7 Å². The standard InChI is InChI=1S/C18H16O4/c1-11-3-5-16-14(7-11)18(20)13(10-22-16)8-12-4-6-17(21-2)15(19)9-12/h3-9,19H,10H2,1-2H3/b13-8+. The SMILES string of the molecule is COc1ccc(/C=C2\COc3ccc(C)cc3C2=O)cc1O. The molecule has 1 heterocycles.